The Balaban J connectivity index is 1.35. The van der Waals surface area contributed by atoms with E-state index in [0.29, 0.717) is 20.8 Å². The Bertz CT molecular complexity index is 2010. The minimum absolute atomic E-state index is 0.00888. The summed E-state index contributed by atoms with van der Waals surface area (Å²) in [5, 5.41) is 3.26. The number of carbonyl (C=O) groups is 2. The van der Waals surface area contributed by atoms with Crippen LogP contribution in [-0.2, 0) is 19.6 Å². The number of alkyl halides is 3. The molecule has 0 unspecified atom stereocenters. The summed E-state index contributed by atoms with van der Waals surface area (Å²) in [4.78, 5) is 47.0. The van der Waals surface area contributed by atoms with Crippen LogP contribution in [0.25, 0.3) is 11.4 Å². The van der Waals surface area contributed by atoms with Crippen LogP contribution in [-0.4, -0.2) is 54.7 Å². The molecular formula is C32H25BrClF3N6O4. The van der Waals surface area contributed by atoms with Crippen LogP contribution in [0, 0.1) is 0 Å². The van der Waals surface area contributed by atoms with Crippen LogP contribution < -0.4 is 15.7 Å². The van der Waals surface area contributed by atoms with Gasteiger partial charge in [-0.05, 0) is 70.0 Å². The zero-order valence-corrected chi connectivity index (χ0v) is 26.7. The number of imidazole rings is 2. The van der Waals surface area contributed by atoms with Crippen molar-refractivity contribution < 1.29 is 27.5 Å². The third-order valence-corrected chi connectivity index (χ3v) is 8.79. The molecule has 10 nitrogen and oxygen atoms in total. The van der Waals surface area contributed by atoms with E-state index in [4.69, 9.17) is 16.3 Å². The number of nitrogens with zero attached hydrogens (tertiary/aromatic N) is 5. The van der Waals surface area contributed by atoms with Crippen molar-refractivity contribution in [1.29, 1.82) is 0 Å². The van der Waals surface area contributed by atoms with Gasteiger partial charge in [0.1, 0.15) is 11.4 Å². The van der Waals surface area contributed by atoms with Gasteiger partial charge in [0.15, 0.2) is 6.61 Å². The molecule has 2 aromatic heterocycles. The van der Waals surface area contributed by atoms with E-state index in [-0.39, 0.29) is 49.2 Å². The number of rotatable bonds is 8. The lowest BCUT2D eigenvalue weighted by molar-refractivity contribution is -0.153. The van der Waals surface area contributed by atoms with E-state index in [0.717, 1.165) is 11.3 Å². The summed E-state index contributed by atoms with van der Waals surface area (Å²) in [5.41, 5.74) is 1.90. The summed E-state index contributed by atoms with van der Waals surface area (Å²) in [7, 11) is 0. The summed E-state index contributed by atoms with van der Waals surface area (Å²) in [5.74, 6) is -0.984. The lowest BCUT2D eigenvalue weighted by atomic mass is 10.1. The molecule has 6 rings (SSSR count). The van der Waals surface area contributed by atoms with Gasteiger partial charge in [-0.25, -0.2) is 9.78 Å². The van der Waals surface area contributed by atoms with Gasteiger partial charge in [-0.1, -0.05) is 29.8 Å². The maximum atomic E-state index is 14.0. The molecule has 0 aliphatic carbocycles. The number of para-hydroxylation sites is 1. The van der Waals surface area contributed by atoms with Gasteiger partial charge in [0, 0.05) is 42.1 Å². The Morgan fingerprint density at radius 1 is 1.04 bits per heavy atom. The lowest BCUT2D eigenvalue weighted by Gasteiger charge is -2.28. The molecule has 3 aromatic carbocycles. The fourth-order valence-corrected chi connectivity index (χ4v) is 5.77. The van der Waals surface area contributed by atoms with Gasteiger partial charge in [-0.3, -0.25) is 18.7 Å². The highest BCUT2D eigenvalue weighted by Crippen LogP contribution is 2.27. The van der Waals surface area contributed by atoms with E-state index in [1.807, 2.05) is 24.3 Å². The quantitative estimate of drug-likeness (QED) is 0.219. The summed E-state index contributed by atoms with van der Waals surface area (Å²) < 4.78 is 47.9. The van der Waals surface area contributed by atoms with Crippen molar-refractivity contribution in [3.63, 3.8) is 0 Å². The average Bonchev–Trinajstić information content (AvgIpc) is 3.70. The molecule has 5 aromatic rings. The number of fused-ring (bicyclic) bond motifs is 1. The first-order chi connectivity index (χ1) is 22.5. The number of amides is 2. The number of hydrogen-bond acceptors (Lipinski definition) is 5. The van der Waals surface area contributed by atoms with Crippen molar-refractivity contribution in [1.82, 2.24) is 28.9 Å². The Hall–Kier alpha value is -4.82. The van der Waals surface area contributed by atoms with Gasteiger partial charge in [-0.2, -0.15) is 13.2 Å². The Labute approximate surface area is 279 Å². The second-order valence-corrected chi connectivity index (χ2v) is 11.9. The van der Waals surface area contributed by atoms with Gasteiger partial charge >= 0.3 is 11.9 Å². The number of ether oxygens (including phenoxy) is 1. The summed E-state index contributed by atoms with van der Waals surface area (Å²) in [6, 6.07) is 17.6. The smallest absolute Gasteiger partial charge is 0.422 e. The first-order valence-corrected chi connectivity index (χ1v) is 15.4. The molecule has 0 atom stereocenters. The van der Waals surface area contributed by atoms with E-state index in [1.165, 1.54) is 44.4 Å². The minimum atomic E-state index is -4.52. The molecule has 0 bridgehead atoms. The topological polar surface area (TPSA) is 103 Å². The first kappa shape index (κ1) is 32.1. The number of halogens is 5. The first-order valence-electron chi connectivity index (χ1n) is 14.2. The second kappa shape index (κ2) is 13.1. The normalized spacial score (nSPS) is 12.9. The highest BCUT2D eigenvalue weighted by atomic mass is 79.9. The molecule has 47 heavy (non-hydrogen) atoms. The molecule has 1 N–H and O–H groups in total. The minimum Gasteiger partial charge on any atom is -0.484 e. The fourth-order valence-electron chi connectivity index (χ4n) is 5.35. The molecule has 1 aliphatic heterocycles. The molecule has 0 spiro atoms. The zero-order chi connectivity index (χ0) is 33.3. The molecule has 0 saturated carbocycles. The second-order valence-electron chi connectivity index (χ2n) is 10.6. The summed E-state index contributed by atoms with van der Waals surface area (Å²) >= 11 is 9.55. The van der Waals surface area contributed by atoms with E-state index >= 15 is 0 Å². The largest absolute Gasteiger partial charge is 0.484 e. The van der Waals surface area contributed by atoms with Crippen molar-refractivity contribution in [3.8, 4) is 17.1 Å². The predicted octanol–water partition coefficient (Wildman–Crippen LogP) is 5.77. The van der Waals surface area contributed by atoms with E-state index < -0.39 is 24.4 Å². The SMILES string of the molecule is O=C(NCc1ccccc1-n1ccnc1)c1c2n(c(=O)n1-c1ccc(OCC(F)(F)F)cc1)CCN(C(=O)c1ccc(Br)c(Cl)c1)C2. The molecule has 3 heterocycles. The summed E-state index contributed by atoms with van der Waals surface area (Å²) in [6.45, 7) is -1.15. The third kappa shape index (κ3) is 6.83. The van der Waals surface area contributed by atoms with E-state index in [2.05, 4.69) is 26.2 Å². The van der Waals surface area contributed by atoms with Gasteiger partial charge in [-0.15, -0.1) is 0 Å². The molecule has 0 saturated heterocycles. The van der Waals surface area contributed by atoms with Crippen molar-refractivity contribution in [3.05, 3.63) is 128 Å². The van der Waals surface area contributed by atoms with Crippen LogP contribution in [0.1, 0.15) is 32.1 Å². The van der Waals surface area contributed by atoms with Crippen LogP contribution in [0.2, 0.25) is 5.02 Å². The Morgan fingerprint density at radius 2 is 1.81 bits per heavy atom. The highest BCUT2D eigenvalue weighted by molar-refractivity contribution is 9.10. The van der Waals surface area contributed by atoms with Crippen molar-refractivity contribution in [2.24, 2.45) is 0 Å². The van der Waals surface area contributed by atoms with Gasteiger partial charge < -0.3 is 19.5 Å². The standard InChI is InChI=1S/C32H25BrClF3N6O4/c33-24-10-5-20(15-25(24)34)30(45)40-13-14-42-27(17-40)28(29(44)39-16-21-3-1-2-4-26(21)41-12-11-38-19-41)43(31(42)46)22-6-8-23(9-7-22)47-18-32(35,36)37/h1-12,15,19H,13-14,16-18H2,(H,39,44). The van der Waals surface area contributed by atoms with Crippen LogP contribution in [0.3, 0.4) is 0 Å². The monoisotopic (exact) mass is 728 g/mol. The maximum absolute atomic E-state index is 14.0. The van der Waals surface area contributed by atoms with E-state index in [1.54, 1.807) is 35.4 Å². The lowest BCUT2D eigenvalue weighted by Crippen LogP contribution is -2.41. The molecule has 2 amide bonds. The number of aromatic nitrogens is 4. The molecule has 0 radical (unpaired) electrons. The van der Waals surface area contributed by atoms with Gasteiger partial charge in [0.25, 0.3) is 11.8 Å². The van der Waals surface area contributed by atoms with Crippen molar-refractivity contribution in [2.75, 3.05) is 13.2 Å². The number of nitrogens with one attached hydrogen (secondary N) is 1. The molecule has 0 fully saturated rings. The predicted molar refractivity (Wildman–Crippen MR) is 170 cm³/mol. The maximum Gasteiger partial charge on any atom is 0.422 e. The third-order valence-electron chi connectivity index (χ3n) is 7.56. The molecular weight excluding hydrogens is 705 g/mol. The number of hydrogen-bond donors (Lipinski definition) is 1. The number of benzene rings is 3. The Kier molecular flexibility index (Phi) is 8.97. The Morgan fingerprint density at radius 3 is 2.51 bits per heavy atom. The van der Waals surface area contributed by atoms with Crippen LogP contribution >= 0.6 is 27.5 Å². The van der Waals surface area contributed by atoms with Crippen LogP contribution in [0.4, 0.5) is 13.2 Å². The van der Waals surface area contributed by atoms with Gasteiger partial charge in [0.05, 0.1) is 35.0 Å². The molecule has 15 heteroatoms. The highest BCUT2D eigenvalue weighted by Gasteiger charge is 2.33. The van der Waals surface area contributed by atoms with Crippen molar-refractivity contribution >= 4 is 39.3 Å². The van der Waals surface area contributed by atoms with Crippen LogP contribution in [0.5, 0.6) is 5.75 Å². The van der Waals surface area contributed by atoms with Crippen LogP contribution in [0.15, 0.2) is 94.7 Å². The zero-order valence-electron chi connectivity index (χ0n) is 24.4. The molecule has 242 valence electrons. The fraction of sp³-hybridized carbons (Fsp3) is 0.188. The van der Waals surface area contributed by atoms with E-state index in [9.17, 15) is 27.6 Å². The van der Waals surface area contributed by atoms with Gasteiger partial charge in [0.2, 0.25) is 0 Å². The molecule has 1 aliphatic rings. The summed E-state index contributed by atoms with van der Waals surface area (Å²) in [6.07, 6.45) is 0.517. The van der Waals surface area contributed by atoms with Crippen molar-refractivity contribution in [2.45, 2.75) is 25.8 Å². The average molecular weight is 730 g/mol. The number of carbonyl (C=O) groups excluding carboxylic acids is 2.